The molecule has 0 heterocycles. The molecule has 1 aliphatic rings. The minimum absolute atomic E-state index is 0.0635. The van der Waals surface area contributed by atoms with E-state index in [1.165, 1.54) is 24.3 Å². The summed E-state index contributed by atoms with van der Waals surface area (Å²) < 4.78 is 57.2. The van der Waals surface area contributed by atoms with Gasteiger partial charge in [-0.2, -0.15) is 13.2 Å². The third-order valence-corrected chi connectivity index (χ3v) is 4.56. The van der Waals surface area contributed by atoms with Crippen LogP contribution in [0.1, 0.15) is 31.2 Å². The normalized spacial score (nSPS) is 19.7. The number of carbonyl (C=O) groups is 1. The number of anilines is 1. The molecule has 0 aliphatic heterocycles. The van der Waals surface area contributed by atoms with Crippen molar-refractivity contribution < 1.29 is 27.1 Å². The van der Waals surface area contributed by atoms with Gasteiger partial charge in [-0.25, -0.2) is 9.18 Å². The fraction of sp³-hybridized carbons (Fsp3) is 0.350. The fourth-order valence-corrected chi connectivity index (χ4v) is 3.18. The Morgan fingerprint density at radius 1 is 1.00 bits per heavy atom. The molecule has 2 N–H and O–H groups in total. The zero-order chi connectivity index (χ0) is 20.1. The highest BCUT2D eigenvalue weighted by molar-refractivity contribution is 5.89. The quantitative estimate of drug-likeness (QED) is 0.684. The summed E-state index contributed by atoms with van der Waals surface area (Å²) in [4.78, 5) is 12.1. The molecule has 0 saturated heterocycles. The van der Waals surface area contributed by atoms with Crippen LogP contribution in [0.3, 0.4) is 0 Å². The van der Waals surface area contributed by atoms with Crippen molar-refractivity contribution in [3.8, 4) is 5.75 Å². The predicted molar refractivity (Wildman–Crippen MR) is 96.7 cm³/mol. The van der Waals surface area contributed by atoms with Gasteiger partial charge in [-0.15, -0.1) is 0 Å². The van der Waals surface area contributed by atoms with Gasteiger partial charge in [-0.1, -0.05) is 12.1 Å². The van der Waals surface area contributed by atoms with Gasteiger partial charge in [0, 0.05) is 17.8 Å². The van der Waals surface area contributed by atoms with Gasteiger partial charge in [0.15, 0.2) is 0 Å². The van der Waals surface area contributed by atoms with Crippen LogP contribution in [0.25, 0.3) is 0 Å². The zero-order valence-electron chi connectivity index (χ0n) is 14.9. The summed E-state index contributed by atoms with van der Waals surface area (Å²) in [5.74, 6) is 0.109. The molecule has 1 fully saturated rings. The summed E-state index contributed by atoms with van der Waals surface area (Å²) >= 11 is 0. The first-order valence-corrected chi connectivity index (χ1v) is 8.96. The maximum absolute atomic E-state index is 13.2. The van der Waals surface area contributed by atoms with E-state index in [4.69, 9.17) is 4.74 Å². The van der Waals surface area contributed by atoms with Gasteiger partial charge in [0.2, 0.25) is 0 Å². The molecular weight excluding hydrogens is 376 g/mol. The molecule has 3 rings (SSSR count). The number of rotatable bonds is 4. The van der Waals surface area contributed by atoms with Crippen LogP contribution in [0.15, 0.2) is 48.5 Å². The summed E-state index contributed by atoms with van der Waals surface area (Å²) in [6.45, 7) is 0. The van der Waals surface area contributed by atoms with Gasteiger partial charge >= 0.3 is 12.2 Å². The van der Waals surface area contributed by atoms with E-state index in [0.717, 1.165) is 12.1 Å². The Bertz CT molecular complexity index is 818. The van der Waals surface area contributed by atoms with Crippen molar-refractivity contribution in [2.45, 2.75) is 44.0 Å². The van der Waals surface area contributed by atoms with Crippen molar-refractivity contribution in [1.82, 2.24) is 5.32 Å². The van der Waals surface area contributed by atoms with Crippen LogP contribution in [-0.2, 0) is 6.18 Å². The predicted octanol–water partition coefficient (Wildman–Crippen LogP) is 5.36. The number of carbonyl (C=O) groups excluding carboxylic acids is 1. The Hall–Kier alpha value is -2.77. The van der Waals surface area contributed by atoms with Crippen molar-refractivity contribution in [2.24, 2.45) is 0 Å². The van der Waals surface area contributed by atoms with Crippen LogP contribution in [-0.4, -0.2) is 18.2 Å². The van der Waals surface area contributed by atoms with Crippen molar-refractivity contribution in [1.29, 1.82) is 0 Å². The lowest BCUT2D eigenvalue weighted by molar-refractivity contribution is -0.137. The zero-order valence-corrected chi connectivity index (χ0v) is 14.9. The van der Waals surface area contributed by atoms with Crippen LogP contribution in [0.5, 0.6) is 5.75 Å². The molecule has 0 atom stereocenters. The highest BCUT2D eigenvalue weighted by atomic mass is 19.4. The Morgan fingerprint density at radius 3 is 2.39 bits per heavy atom. The van der Waals surface area contributed by atoms with Crippen molar-refractivity contribution in [2.75, 3.05) is 5.32 Å². The number of hydrogen-bond acceptors (Lipinski definition) is 2. The first kappa shape index (κ1) is 20.0. The SMILES string of the molecule is O=C(Nc1cccc(C(F)(F)F)c1)NC1CCC(Oc2cccc(F)c2)CC1. The molecule has 0 unspecified atom stereocenters. The average Bonchev–Trinajstić information content (AvgIpc) is 2.63. The average molecular weight is 396 g/mol. The van der Waals surface area contributed by atoms with E-state index in [-0.39, 0.29) is 23.7 Å². The van der Waals surface area contributed by atoms with Crippen LogP contribution in [0.4, 0.5) is 28.0 Å². The second kappa shape index (κ2) is 8.50. The van der Waals surface area contributed by atoms with E-state index in [0.29, 0.717) is 31.4 Å². The second-order valence-electron chi connectivity index (χ2n) is 6.73. The molecule has 4 nitrogen and oxygen atoms in total. The van der Waals surface area contributed by atoms with E-state index in [1.807, 2.05) is 0 Å². The summed E-state index contributed by atoms with van der Waals surface area (Å²) in [5.41, 5.74) is -0.740. The third-order valence-electron chi connectivity index (χ3n) is 4.56. The number of alkyl halides is 3. The Morgan fingerprint density at radius 2 is 1.71 bits per heavy atom. The number of halogens is 4. The van der Waals surface area contributed by atoms with E-state index in [9.17, 15) is 22.4 Å². The standard InChI is InChI=1S/C20H20F4N2O2/c21-14-4-2-6-18(12-14)28-17-9-7-15(8-10-17)25-19(27)26-16-5-1-3-13(11-16)20(22,23)24/h1-6,11-12,15,17H,7-10H2,(H2,25,26,27). The Kier molecular flexibility index (Phi) is 6.06. The van der Waals surface area contributed by atoms with Gasteiger partial charge < -0.3 is 15.4 Å². The Balaban J connectivity index is 1.46. The van der Waals surface area contributed by atoms with Gasteiger partial charge in [0.1, 0.15) is 11.6 Å². The lowest BCUT2D eigenvalue weighted by atomic mass is 9.93. The van der Waals surface area contributed by atoms with Gasteiger partial charge in [0.05, 0.1) is 11.7 Å². The van der Waals surface area contributed by atoms with Crippen molar-refractivity contribution in [3.63, 3.8) is 0 Å². The van der Waals surface area contributed by atoms with E-state index in [2.05, 4.69) is 10.6 Å². The molecular formula is C20H20F4N2O2. The molecule has 0 spiro atoms. The van der Waals surface area contributed by atoms with Gasteiger partial charge in [0.25, 0.3) is 0 Å². The largest absolute Gasteiger partial charge is 0.490 e. The minimum Gasteiger partial charge on any atom is -0.490 e. The molecule has 0 bridgehead atoms. The van der Waals surface area contributed by atoms with E-state index < -0.39 is 17.8 Å². The molecule has 0 aromatic heterocycles. The minimum atomic E-state index is -4.46. The number of nitrogens with one attached hydrogen (secondary N) is 2. The number of urea groups is 1. The summed E-state index contributed by atoms with van der Waals surface area (Å²) in [6, 6.07) is 9.78. The number of hydrogen-bond donors (Lipinski definition) is 2. The molecule has 2 aromatic rings. The molecule has 150 valence electrons. The summed E-state index contributed by atoms with van der Waals surface area (Å²) in [7, 11) is 0. The maximum Gasteiger partial charge on any atom is 0.416 e. The monoisotopic (exact) mass is 396 g/mol. The number of ether oxygens (including phenoxy) is 1. The summed E-state index contributed by atoms with van der Waals surface area (Å²) in [5, 5.41) is 5.21. The molecule has 2 amide bonds. The molecule has 28 heavy (non-hydrogen) atoms. The fourth-order valence-electron chi connectivity index (χ4n) is 3.18. The van der Waals surface area contributed by atoms with Gasteiger partial charge in [-0.3, -0.25) is 0 Å². The molecule has 1 saturated carbocycles. The molecule has 0 radical (unpaired) electrons. The first-order valence-electron chi connectivity index (χ1n) is 8.96. The lowest BCUT2D eigenvalue weighted by Crippen LogP contribution is -2.41. The Labute approximate surface area is 159 Å². The lowest BCUT2D eigenvalue weighted by Gasteiger charge is -2.29. The van der Waals surface area contributed by atoms with Crippen LogP contribution < -0.4 is 15.4 Å². The van der Waals surface area contributed by atoms with Crippen molar-refractivity contribution in [3.05, 3.63) is 59.9 Å². The number of amides is 2. The van der Waals surface area contributed by atoms with Crippen molar-refractivity contribution >= 4 is 11.7 Å². The van der Waals surface area contributed by atoms with Crippen LogP contribution >= 0.6 is 0 Å². The summed E-state index contributed by atoms with van der Waals surface area (Å²) in [6.07, 6.45) is -1.83. The smallest absolute Gasteiger partial charge is 0.416 e. The highest BCUT2D eigenvalue weighted by Gasteiger charge is 2.30. The van der Waals surface area contributed by atoms with Gasteiger partial charge in [-0.05, 0) is 56.0 Å². The molecule has 2 aromatic carbocycles. The first-order chi connectivity index (χ1) is 13.3. The topological polar surface area (TPSA) is 50.4 Å². The number of benzene rings is 2. The van der Waals surface area contributed by atoms with Crippen LogP contribution in [0, 0.1) is 5.82 Å². The third kappa shape index (κ3) is 5.61. The second-order valence-corrected chi connectivity index (χ2v) is 6.73. The van der Waals surface area contributed by atoms with E-state index >= 15 is 0 Å². The van der Waals surface area contributed by atoms with Crippen LogP contribution in [0.2, 0.25) is 0 Å². The molecule has 1 aliphatic carbocycles. The van der Waals surface area contributed by atoms with E-state index in [1.54, 1.807) is 12.1 Å². The maximum atomic E-state index is 13.2. The highest BCUT2D eigenvalue weighted by Crippen LogP contribution is 2.30. The molecule has 8 heteroatoms.